The molecule has 0 bridgehead atoms. The van der Waals surface area contributed by atoms with Crippen LogP contribution in [0.4, 0.5) is 0 Å². The molecule has 0 aliphatic carbocycles. The van der Waals surface area contributed by atoms with Gasteiger partial charge in [-0.15, -0.1) is 5.10 Å². The molecule has 0 radical (unpaired) electrons. The summed E-state index contributed by atoms with van der Waals surface area (Å²) in [4.78, 5) is 0. The standard InChI is InChI=1S/C12H14ClN3O/c1-9-7-10(13)4-5-12(9)16-8-11(14-15-16)3-2-6-17/h4-5,7-8,17H,2-3,6H2,1H3. The van der Waals surface area contributed by atoms with Gasteiger partial charge in [-0.1, -0.05) is 16.8 Å². The molecular formula is C12H14ClN3O. The molecule has 0 atom stereocenters. The zero-order valence-electron chi connectivity index (χ0n) is 9.60. The molecule has 90 valence electrons. The summed E-state index contributed by atoms with van der Waals surface area (Å²) in [5.74, 6) is 0. The lowest BCUT2D eigenvalue weighted by atomic mass is 10.2. The number of hydrogen-bond donors (Lipinski definition) is 1. The van der Waals surface area contributed by atoms with E-state index < -0.39 is 0 Å². The van der Waals surface area contributed by atoms with Crippen LogP contribution in [0.1, 0.15) is 17.7 Å². The van der Waals surface area contributed by atoms with E-state index in [0.717, 1.165) is 23.4 Å². The van der Waals surface area contributed by atoms with Crippen molar-refractivity contribution in [3.63, 3.8) is 0 Å². The van der Waals surface area contributed by atoms with Crippen LogP contribution in [0.15, 0.2) is 24.4 Å². The maximum absolute atomic E-state index is 8.76. The van der Waals surface area contributed by atoms with Gasteiger partial charge in [0.15, 0.2) is 0 Å². The van der Waals surface area contributed by atoms with Crippen LogP contribution in [-0.4, -0.2) is 26.7 Å². The third kappa shape index (κ3) is 2.84. The number of aryl methyl sites for hydroxylation is 2. The summed E-state index contributed by atoms with van der Waals surface area (Å²) in [6.07, 6.45) is 3.33. The van der Waals surface area contributed by atoms with Crippen LogP contribution < -0.4 is 0 Å². The highest BCUT2D eigenvalue weighted by Crippen LogP contribution is 2.18. The zero-order valence-corrected chi connectivity index (χ0v) is 10.4. The Morgan fingerprint density at radius 1 is 1.41 bits per heavy atom. The Balaban J connectivity index is 2.24. The molecule has 1 aromatic heterocycles. The highest BCUT2D eigenvalue weighted by atomic mass is 35.5. The number of aromatic nitrogens is 3. The van der Waals surface area contributed by atoms with E-state index in [4.69, 9.17) is 16.7 Å². The number of nitrogens with zero attached hydrogens (tertiary/aromatic N) is 3. The van der Waals surface area contributed by atoms with Crippen molar-refractivity contribution >= 4 is 11.6 Å². The second kappa shape index (κ2) is 5.29. The molecule has 17 heavy (non-hydrogen) atoms. The Bertz CT molecular complexity index is 510. The number of hydrogen-bond acceptors (Lipinski definition) is 3. The predicted molar refractivity (Wildman–Crippen MR) is 66.5 cm³/mol. The number of rotatable bonds is 4. The second-order valence-corrected chi connectivity index (χ2v) is 4.35. The fourth-order valence-electron chi connectivity index (χ4n) is 1.67. The lowest BCUT2D eigenvalue weighted by molar-refractivity contribution is 0.288. The summed E-state index contributed by atoms with van der Waals surface area (Å²) in [6.45, 7) is 2.16. The number of aliphatic hydroxyl groups excluding tert-OH is 1. The van der Waals surface area contributed by atoms with Gasteiger partial charge in [0, 0.05) is 11.6 Å². The molecular weight excluding hydrogens is 238 g/mol. The van der Waals surface area contributed by atoms with Crippen molar-refractivity contribution < 1.29 is 5.11 Å². The number of halogens is 1. The fourth-order valence-corrected chi connectivity index (χ4v) is 1.89. The summed E-state index contributed by atoms with van der Waals surface area (Å²) < 4.78 is 1.73. The highest BCUT2D eigenvalue weighted by molar-refractivity contribution is 6.30. The molecule has 0 unspecified atom stereocenters. The van der Waals surface area contributed by atoms with Gasteiger partial charge in [-0.3, -0.25) is 0 Å². The van der Waals surface area contributed by atoms with Gasteiger partial charge < -0.3 is 5.11 Å². The van der Waals surface area contributed by atoms with Gasteiger partial charge in [-0.25, -0.2) is 4.68 Å². The Kier molecular flexibility index (Phi) is 3.76. The first kappa shape index (κ1) is 12.1. The molecule has 0 saturated heterocycles. The van der Waals surface area contributed by atoms with Crippen LogP contribution in [0.2, 0.25) is 5.02 Å². The van der Waals surface area contributed by atoms with E-state index in [2.05, 4.69) is 10.3 Å². The van der Waals surface area contributed by atoms with Gasteiger partial charge in [-0.2, -0.15) is 0 Å². The fraction of sp³-hybridized carbons (Fsp3) is 0.333. The maximum Gasteiger partial charge on any atom is 0.0832 e. The Labute approximate surface area is 105 Å². The van der Waals surface area contributed by atoms with E-state index in [1.807, 2.05) is 31.3 Å². The smallest absolute Gasteiger partial charge is 0.0832 e. The Hall–Kier alpha value is -1.39. The molecule has 2 rings (SSSR count). The normalized spacial score (nSPS) is 10.8. The molecule has 1 heterocycles. The molecule has 0 saturated carbocycles. The van der Waals surface area contributed by atoms with Crippen molar-refractivity contribution in [2.45, 2.75) is 19.8 Å². The molecule has 4 nitrogen and oxygen atoms in total. The van der Waals surface area contributed by atoms with Crippen molar-refractivity contribution in [3.8, 4) is 5.69 Å². The minimum absolute atomic E-state index is 0.173. The van der Waals surface area contributed by atoms with E-state index in [-0.39, 0.29) is 6.61 Å². The summed E-state index contributed by atoms with van der Waals surface area (Å²) in [5.41, 5.74) is 2.90. The van der Waals surface area contributed by atoms with Gasteiger partial charge in [0.1, 0.15) is 0 Å². The topological polar surface area (TPSA) is 50.9 Å². The third-order valence-corrected chi connectivity index (χ3v) is 2.77. The molecule has 0 fully saturated rings. The molecule has 0 aliphatic rings. The van der Waals surface area contributed by atoms with Crippen molar-refractivity contribution in [2.75, 3.05) is 6.61 Å². The SMILES string of the molecule is Cc1cc(Cl)ccc1-n1cc(CCCO)nn1. The average molecular weight is 252 g/mol. The molecule has 1 N–H and O–H groups in total. The van der Waals surface area contributed by atoms with Crippen LogP contribution in [0, 0.1) is 6.92 Å². The third-order valence-electron chi connectivity index (χ3n) is 2.54. The molecule has 5 heteroatoms. The van der Waals surface area contributed by atoms with Crippen molar-refractivity contribution in [1.29, 1.82) is 0 Å². The minimum Gasteiger partial charge on any atom is -0.396 e. The van der Waals surface area contributed by atoms with E-state index in [1.165, 1.54) is 0 Å². The van der Waals surface area contributed by atoms with Gasteiger partial charge >= 0.3 is 0 Å². The van der Waals surface area contributed by atoms with Gasteiger partial charge in [0.05, 0.1) is 17.6 Å². The lowest BCUT2D eigenvalue weighted by Gasteiger charge is -2.04. The first-order valence-corrected chi connectivity index (χ1v) is 5.87. The van der Waals surface area contributed by atoms with Gasteiger partial charge in [-0.05, 0) is 43.5 Å². The Morgan fingerprint density at radius 2 is 2.24 bits per heavy atom. The zero-order chi connectivity index (χ0) is 12.3. The van der Waals surface area contributed by atoms with Crippen LogP contribution in [0.3, 0.4) is 0 Å². The van der Waals surface area contributed by atoms with Crippen molar-refractivity contribution in [1.82, 2.24) is 15.0 Å². The number of benzene rings is 1. The van der Waals surface area contributed by atoms with E-state index in [0.29, 0.717) is 11.4 Å². The van der Waals surface area contributed by atoms with E-state index in [9.17, 15) is 0 Å². The van der Waals surface area contributed by atoms with E-state index >= 15 is 0 Å². The maximum atomic E-state index is 8.76. The van der Waals surface area contributed by atoms with Gasteiger partial charge in [0.2, 0.25) is 0 Å². The van der Waals surface area contributed by atoms with Gasteiger partial charge in [0.25, 0.3) is 0 Å². The minimum atomic E-state index is 0.173. The van der Waals surface area contributed by atoms with Crippen LogP contribution >= 0.6 is 11.6 Å². The largest absolute Gasteiger partial charge is 0.396 e. The van der Waals surface area contributed by atoms with Crippen LogP contribution in [-0.2, 0) is 6.42 Å². The van der Waals surface area contributed by atoms with E-state index in [1.54, 1.807) is 4.68 Å². The summed E-state index contributed by atoms with van der Waals surface area (Å²) in [6, 6.07) is 5.65. The molecule has 2 aromatic rings. The Morgan fingerprint density at radius 3 is 2.94 bits per heavy atom. The quantitative estimate of drug-likeness (QED) is 0.906. The van der Waals surface area contributed by atoms with Crippen LogP contribution in [0.25, 0.3) is 5.69 Å². The first-order valence-electron chi connectivity index (χ1n) is 5.49. The summed E-state index contributed by atoms with van der Waals surface area (Å²) in [7, 11) is 0. The average Bonchev–Trinajstić information content (AvgIpc) is 2.75. The molecule has 0 amide bonds. The summed E-state index contributed by atoms with van der Waals surface area (Å²) in [5, 5.41) is 17.6. The monoisotopic (exact) mass is 251 g/mol. The molecule has 0 spiro atoms. The molecule has 1 aromatic carbocycles. The predicted octanol–water partition coefficient (Wildman–Crippen LogP) is 2.15. The highest BCUT2D eigenvalue weighted by Gasteiger charge is 2.05. The number of aliphatic hydroxyl groups is 1. The van der Waals surface area contributed by atoms with Crippen molar-refractivity contribution in [3.05, 3.63) is 40.7 Å². The molecule has 0 aliphatic heterocycles. The second-order valence-electron chi connectivity index (χ2n) is 3.91. The van der Waals surface area contributed by atoms with Crippen molar-refractivity contribution in [2.24, 2.45) is 0 Å². The van der Waals surface area contributed by atoms with Crippen LogP contribution in [0.5, 0.6) is 0 Å². The summed E-state index contributed by atoms with van der Waals surface area (Å²) >= 11 is 5.91. The first-order chi connectivity index (χ1) is 8.20. The lowest BCUT2D eigenvalue weighted by Crippen LogP contribution is -1.97.